The summed E-state index contributed by atoms with van der Waals surface area (Å²) in [5.41, 5.74) is 4.01. The molecule has 5 nitrogen and oxygen atoms in total. The van der Waals surface area contributed by atoms with E-state index in [0.717, 1.165) is 11.1 Å². The van der Waals surface area contributed by atoms with Gasteiger partial charge in [-0.15, -0.1) is 0 Å². The van der Waals surface area contributed by atoms with Gasteiger partial charge in [-0.1, -0.05) is 66.2 Å². The number of hydrogen-bond acceptors (Lipinski definition) is 4. The van der Waals surface area contributed by atoms with Gasteiger partial charge in [-0.2, -0.15) is 0 Å². The van der Waals surface area contributed by atoms with E-state index >= 15 is 0 Å². The van der Waals surface area contributed by atoms with Crippen molar-refractivity contribution in [3.63, 3.8) is 0 Å². The number of imide groups is 1. The molecule has 3 aromatic carbocycles. The smallest absolute Gasteiger partial charge is 0.278 e. The minimum Gasteiger partial charge on any atom is -0.497 e. The number of anilines is 1. The Labute approximate surface area is 175 Å². The number of nitrogens with zero attached hydrogens (tertiary/aromatic N) is 1. The maximum absolute atomic E-state index is 13.3. The van der Waals surface area contributed by atoms with Gasteiger partial charge in [-0.25, -0.2) is 0 Å². The van der Waals surface area contributed by atoms with E-state index in [4.69, 9.17) is 4.74 Å². The Balaban J connectivity index is 1.74. The van der Waals surface area contributed by atoms with Crippen LogP contribution in [0.3, 0.4) is 0 Å². The lowest BCUT2D eigenvalue weighted by Crippen LogP contribution is -2.31. The van der Waals surface area contributed by atoms with Crippen molar-refractivity contribution in [3.8, 4) is 5.75 Å². The number of carbonyl (C=O) groups excluding carboxylic acids is 2. The Morgan fingerprint density at radius 3 is 2.30 bits per heavy atom. The summed E-state index contributed by atoms with van der Waals surface area (Å²) in [6.45, 7) is 2.20. The lowest BCUT2D eigenvalue weighted by Gasteiger charge is -2.15. The first-order valence-electron chi connectivity index (χ1n) is 9.69. The highest BCUT2D eigenvalue weighted by Crippen LogP contribution is 2.32. The molecule has 30 heavy (non-hydrogen) atoms. The van der Waals surface area contributed by atoms with Crippen molar-refractivity contribution in [2.75, 3.05) is 12.4 Å². The minimum absolute atomic E-state index is 0.219. The fourth-order valence-corrected chi connectivity index (χ4v) is 3.43. The monoisotopic (exact) mass is 398 g/mol. The summed E-state index contributed by atoms with van der Waals surface area (Å²) in [5, 5.41) is 3.16. The zero-order valence-corrected chi connectivity index (χ0v) is 16.9. The van der Waals surface area contributed by atoms with E-state index in [9.17, 15) is 9.59 Å². The van der Waals surface area contributed by atoms with Crippen molar-refractivity contribution < 1.29 is 14.3 Å². The number of methoxy groups -OCH3 is 1. The molecule has 150 valence electrons. The van der Waals surface area contributed by atoms with Crippen LogP contribution in [0.1, 0.15) is 16.7 Å². The maximum atomic E-state index is 13.3. The molecule has 1 N–H and O–H groups in total. The standard InChI is InChI=1S/C25H22N2O3/c1-17-11-13-19(14-12-17)22-23(26-20-9-6-10-21(15-20)30-2)25(29)27(24(22)28)16-18-7-4-3-5-8-18/h3-15,26H,16H2,1-2H3. The molecule has 0 saturated heterocycles. The fraction of sp³-hybridized carbons (Fsp3) is 0.120. The summed E-state index contributed by atoms with van der Waals surface area (Å²) in [6.07, 6.45) is 0. The third-order valence-corrected chi connectivity index (χ3v) is 5.03. The Morgan fingerprint density at radius 1 is 0.867 bits per heavy atom. The number of benzene rings is 3. The van der Waals surface area contributed by atoms with Gasteiger partial charge in [0.1, 0.15) is 11.4 Å². The van der Waals surface area contributed by atoms with Crippen molar-refractivity contribution in [2.45, 2.75) is 13.5 Å². The predicted octanol–water partition coefficient (Wildman–Crippen LogP) is 4.40. The molecule has 0 fully saturated rings. The molecule has 1 aliphatic rings. The topological polar surface area (TPSA) is 58.6 Å². The van der Waals surface area contributed by atoms with E-state index in [2.05, 4.69) is 5.32 Å². The molecule has 0 aromatic heterocycles. The van der Waals surface area contributed by atoms with Crippen LogP contribution in [0.15, 0.2) is 84.6 Å². The predicted molar refractivity (Wildman–Crippen MR) is 117 cm³/mol. The van der Waals surface area contributed by atoms with E-state index in [-0.39, 0.29) is 24.1 Å². The Bertz CT molecular complexity index is 1120. The van der Waals surface area contributed by atoms with Crippen molar-refractivity contribution in [1.82, 2.24) is 4.90 Å². The maximum Gasteiger partial charge on any atom is 0.278 e. The van der Waals surface area contributed by atoms with Crippen LogP contribution in [0.4, 0.5) is 5.69 Å². The zero-order valence-electron chi connectivity index (χ0n) is 16.9. The molecule has 4 rings (SSSR count). The van der Waals surface area contributed by atoms with Gasteiger partial charge in [-0.3, -0.25) is 14.5 Å². The van der Waals surface area contributed by atoms with Crippen LogP contribution in [0.2, 0.25) is 0 Å². The second kappa shape index (κ2) is 8.25. The van der Waals surface area contributed by atoms with Gasteiger partial charge in [0.05, 0.1) is 19.2 Å². The highest BCUT2D eigenvalue weighted by Gasteiger charge is 2.39. The largest absolute Gasteiger partial charge is 0.497 e. The van der Waals surface area contributed by atoms with Crippen molar-refractivity contribution >= 4 is 23.1 Å². The van der Waals surface area contributed by atoms with Crippen LogP contribution in [0, 0.1) is 6.92 Å². The highest BCUT2D eigenvalue weighted by molar-refractivity contribution is 6.36. The van der Waals surface area contributed by atoms with Crippen LogP contribution < -0.4 is 10.1 Å². The summed E-state index contributed by atoms with van der Waals surface area (Å²) in [5.74, 6) is 0.00995. The van der Waals surface area contributed by atoms with E-state index in [1.165, 1.54) is 4.90 Å². The van der Waals surface area contributed by atoms with E-state index < -0.39 is 0 Å². The molecule has 1 aliphatic heterocycles. The summed E-state index contributed by atoms with van der Waals surface area (Å²) >= 11 is 0. The van der Waals surface area contributed by atoms with Crippen molar-refractivity contribution in [1.29, 1.82) is 0 Å². The van der Waals surface area contributed by atoms with Crippen molar-refractivity contribution in [3.05, 3.63) is 101 Å². The minimum atomic E-state index is -0.345. The van der Waals surface area contributed by atoms with Crippen LogP contribution in [0.5, 0.6) is 5.75 Å². The normalized spacial score (nSPS) is 13.7. The van der Waals surface area contributed by atoms with Crippen LogP contribution in [-0.4, -0.2) is 23.8 Å². The first-order valence-corrected chi connectivity index (χ1v) is 9.69. The van der Waals surface area contributed by atoms with Gasteiger partial charge < -0.3 is 10.1 Å². The van der Waals surface area contributed by atoms with Crippen LogP contribution in [-0.2, 0) is 16.1 Å². The molecule has 1 heterocycles. The highest BCUT2D eigenvalue weighted by atomic mass is 16.5. The summed E-state index contributed by atoms with van der Waals surface area (Å²) in [6, 6.07) is 24.4. The lowest BCUT2D eigenvalue weighted by molar-refractivity contribution is -0.137. The second-order valence-corrected chi connectivity index (χ2v) is 7.16. The third-order valence-electron chi connectivity index (χ3n) is 5.03. The second-order valence-electron chi connectivity index (χ2n) is 7.16. The van der Waals surface area contributed by atoms with Gasteiger partial charge >= 0.3 is 0 Å². The SMILES string of the molecule is COc1cccc(NC2=C(c3ccc(C)cc3)C(=O)N(Cc3ccccc3)C2=O)c1. The molecule has 0 aliphatic carbocycles. The van der Waals surface area contributed by atoms with Gasteiger partial charge in [0.25, 0.3) is 11.8 Å². The number of rotatable bonds is 6. The first kappa shape index (κ1) is 19.5. The van der Waals surface area contributed by atoms with E-state index in [1.807, 2.05) is 79.7 Å². The summed E-state index contributed by atoms with van der Waals surface area (Å²) in [4.78, 5) is 27.9. The van der Waals surface area contributed by atoms with Crippen LogP contribution >= 0.6 is 0 Å². The van der Waals surface area contributed by atoms with Gasteiger partial charge in [-0.05, 0) is 30.2 Å². The molecule has 0 spiro atoms. The Morgan fingerprint density at radius 2 is 1.60 bits per heavy atom. The Kier molecular flexibility index (Phi) is 5.35. The number of ether oxygens (including phenoxy) is 1. The molecule has 0 atom stereocenters. The Hall–Kier alpha value is -3.86. The summed E-state index contributed by atoms with van der Waals surface area (Å²) in [7, 11) is 1.59. The molecule has 0 unspecified atom stereocenters. The molecule has 2 amide bonds. The number of hydrogen-bond donors (Lipinski definition) is 1. The fourth-order valence-electron chi connectivity index (χ4n) is 3.43. The quantitative estimate of drug-likeness (QED) is 0.626. The molecular weight excluding hydrogens is 376 g/mol. The molecular formula is C25H22N2O3. The molecule has 0 radical (unpaired) electrons. The van der Waals surface area contributed by atoms with Gasteiger partial charge in [0.15, 0.2) is 0 Å². The molecule has 5 heteroatoms. The number of nitrogens with one attached hydrogen (secondary N) is 1. The molecule has 0 bridgehead atoms. The number of aryl methyl sites for hydroxylation is 1. The van der Waals surface area contributed by atoms with Gasteiger partial charge in [0, 0.05) is 11.8 Å². The third kappa shape index (κ3) is 3.82. The van der Waals surface area contributed by atoms with Crippen molar-refractivity contribution in [2.24, 2.45) is 0 Å². The van der Waals surface area contributed by atoms with E-state index in [1.54, 1.807) is 13.2 Å². The van der Waals surface area contributed by atoms with E-state index in [0.29, 0.717) is 22.6 Å². The lowest BCUT2D eigenvalue weighted by atomic mass is 10.0. The first-order chi connectivity index (χ1) is 14.6. The average molecular weight is 398 g/mol. The molecule has 0 saturated carbocycles. The summed E-state index contributed by atoms with van der Waals surface area (Å²) < 4.78 is 5.27. The average Bonchev–Trinajstić information content (AvgIpc) is 2.99. The zero-order chi connectivity index (χ0) is 21.1. The van der Waals surface area contributed by atoms with Crippen LogP contribution in [0.25, 0.3) is 5.57 Å². The van der Waals surface area contributed by atoms with Gasteiger partial charge in [0.2, 0.25) is 0 Å². The number of carbonyl (C=O) groups is 2. The number of amides is 2. The molecule has 3 aromatic rings.